The number of hydrogen-bond acceptors (Lipinski definition) is 5. The Labute approximate surface area is 159 Å². The average Bonchev–Trinajstić information content (AvgIpc) is 3.29. The van der Waals surface area contributed by atoms with Gasteiger partial charge in [-0.2, -0.15) is 0 Å². The summed E-state index contributed by atoms with van der Waals surface area (Å²) in [4.78, 5) is 13.3. The summed E-state index contributed by atoms with van der Waals surface area (Å²) < 4.78 is 1.98. The van der Waals surface area contributed by atoms with Crippen LogP contribution in [0.5, 0.6) is 0 Å². The van der Waals surface area contributed by atoms with E-state index >= 15 is 0 Å². The summed E-state index contributed by atoms with van der Waals surface area (Å²) in [7, 11) is 0. The van der Waals surface area contributed by atoms with Crippen molar-refractivity contribution in [2.75, 3.05) is 5.75 Å². The van der Waals surface area contributed by atoms with E-state index in [1.807, 2.05) is 34.9 Å². The molecule has 0 aliphatic heterocycles. The van der Waals surface area contributed by atoms with E-state index in [0.717, 1.165) is 23.7 Å². The summed E-state index contributed by atoms with van der Waals surface area (Å²) in [5.41, 5.74) is 1.02. The van der Waals surface area contributed by atoms with E-state index in [4.69, 9.17) is 11.6 Å². The third-order valence-corrected chi connectivity index (χ3v) is 5.66. The number of nitrogens with zero attached hydrogens (tertiary/aromatic N) is 3. The number of carbonyl (C=O) groups is 1. The lowest BCUT2D eigenvalue weighted by Crippen LogP contribution is -2.24. The molecule has 0 fully saturated rings. The molecule has 3 rings (SSSR count). The van der Waals surface area contributed by atoms with Gasteiger partial charge in [0.2, 0.25) is 5.91 Å². The Balaban J connectivity index is 1.44. The van der Waals surface area contributed by atoms with Gasteiger partial charge in [0, 0.05) is 23.0 Å². The molecule has 8 heteroatoms. The van der Waals surface area contributed by atoms with Crippen molar-refractivity contribution in [1.82, 2.24) is 20.1 Å². The zero-order chi connectivity index (χ0) is 17.5. The molecule has 5 nitrogen and oxygen atoms in total. The smallest absolute Gasteiger partial charge is 0.230 e. The second kappa shape index (κ2) is 9.03. The van der Waals surface area contributed by atoms with Gasteiger partial charge in [0.1, 0.15) is 6.33 Å². The zero-order valence-electron chi connectivity index (χ0n) is 13.4. The Morgan fingerprint density at radius 1 is 1.28 bits per heavy atom. The predicted octanol–water partition coefficient (Wildman–Crippen LogP) is 3.64. The van der Waals surface area contributed by atoms with Gasteiger partial charge in [-0.05, 0) is 35.6 Å². The maximum absolute atomic E-state index is 12.0. The molecular weight excluding hydrogens is 376 g/mol. The minimum Gasteiger partial charge on any atom is -0.351 e. The van der Waals surface area contributed by atoms with Crippen LogP contribution in [0.1, 0.15) is 10.4 Å². The van der Waals surface area contributed by atoms with Crippen molar-refractivity contribution in [2.45, 2.75) is 24.7 Å². The van der Waals surface area contributed by atoms with Crippen molar-refractivity contribution in [3.05, 3.63) is 63.6 Å². The Bertz CT molecular complexity index is 802. The van der Waals surface area contributed by atoms with Crippen molar-refractivity contribution in [3.8, 4) is 0 Å². The molecule has 1 N–H and O–H groups in total. The Kier molecular flexibility index (Phi) is 6.49. The van der Waals surface area contributed by atoms with Crippen molar-refractivity contribution in [2.24, 2.45) is 0 Å². The average molecular weight is 393 g/mol. The van der Waals surface area contributed by atoms with Gasteiger partial charge < -0.3 is 9.88 Å². The molecule has 0 radical (unpaired) electrons. The van der Waals surface area contributed by atoms with Crippen LogP contribution in [-0.2, 0) is 24.3 Å². The fourth-order valence-corrected chi connectivity index (χ4v) is 3.77. The molecule has 0 saturated heterocycles. The molecule has 0 atom stereocenters. The van der Waals surface area contributed by atoms with Crippen LogP contribution in [0.3, 0.4) is 0 Å². The highest BCUT2D eigenvalue weighted by atomic mass is 35.5. The summed E-state index contributed by atoms with van der Waals surface area (Å²) >= 11 is 8.99. The Morgan fingerprint density at radius 3 is 2.88 bits per heavy atom. The van der Waals surface area contributed by atoms with Gasteiger partial charge in [-0.15, -0.1) is 21.5 Å². The predicted molar refractivity (Wildman–Crippen MR) is 102 cm³/mol. The zero-order valence-corrected chi connectivity index (χ0v) is 15.8. The number of nitrogens with one attached hydrogen (secondary N) is 1. The highest BCUT2D eigenvalue weighted by Crippen LogP contribution is 2.16. The second-order valence-corrected chi connectivity index (χ2v) is 7.74. The van der Waals surface area contributed by atoms with E-state index in [2.05, 4.69) is 27.0 Å². The molecule has 25 heavy (non-hydrogen) atoms. The van der Waals surface area contributed by atoms with Crippen molar-refractivity contribution >= 4 is 40.6 Å². The first-order valence-corrected chi connectivity index (χ1v) is 9.99. The monoisotopic (exact) mass is 392 g/mol. The molecule has 0 aliphatic carbocycles. The lowest BCUT2D eigenvalue weighted by Gasteiger charge is -2.07. The molecular formula is C17H17ClN4OS2. The first-order valence-electron chi connectivity index (χ1n) is 7.75. The van der Waals surface area contributed by atoms with Gasteiger partial charge in [-0.25, -0.2) is 0 Å². The molecule has 0 spiro atoms. The molecule has 1 amide bonds. The van der Waals surface area contributed by atoms with Gasteiger partial charge in [0.15, 0.2) is 5.16 Å². The summed E-state index contributed by atoms with van der Waals surface area (Å²) in [6, 6.07) is 11.6. The summed E-state index contributed by atoms with van der Waals surface area (Å²) in [6.45, 7) is 1.30. The van der Waals surface area contributed by atoms with Gasteiger partial charge >= 0.3 is 0 Å². The number of hydrogen-bond donors (Lipinski definition) is 1. The van der Waals surface area contributed by atoms with E-state index in [0.29, 0.717) is 17.3 Å². The molecule has 1 aromatic carbocycles. The van der Waals surface area contributed by atoms with Gasteiger partial charge in [-0.1, -0.05) is 41.6 Å². The van der Waals surface area contributed by atoms with Gasteiger partial charge in [0.25, 0.3) is 0 Å². The molecule has 0 unspecified atom stereocenters. The van der Waals surface area contributed by atoms with Crippen LogP contribution >= 0.6 is 34.7 Å². The van der Waals surface area contributed by atoms with Crippen LogP contribution in [0.25, 0.3) is 0 Å². The van der Waals surface area contributed by atoms with Crippen molar-refractivity contribution in [3.63, 3.8) is 0 Å². The normalized spacial score (nSPS) is 10.8. The summed E-state index contributed by atoms with van der Waals surface area (Å²) in [6.07, 6.45) is 2.65. The Hall–Kier alpha value is -1.83. The lowest BCUT2D eigenvalue weighted by atomic mass is 10.2. The maximum atomic E-state index is 12.0. The van der Waals surface area contributed by atoms with Crippen molar-refractivity contribution in [1.29, 1.82) is 0 Å². The van der Waals surface area contributed by atoms with Gasteiger partial charge in [0.05, 0.1) is 5.75 Å². The summed E-state index contributed by atoms with van der Waals surface area (Å²) in [5, 5.41) is 14.5. The number of aryl methyl sites for hydroxylation is 2. The molecule has 0 aliphatic rings. The highest BCUT2D eigenvalue weighted by molar-refractivity contribution is 7.99. The standard InChI is InChI=1S/C17H17ClN4OS2/c18-14-5-3-13(4-6-14)10-19-16(23)11-25-17-21-20-12-22(17)8-7-15-2-1-9-24-15/h1-6,9,12H,7-8,10-11H2,(H,19,23). The minimum absolute atomic E-state index is 0.0345. The van der Waals surface area contributed by atoms with E-state index in [9.17, 15) is 4.79 Å². The van der Waals surface area contributed by atoms with Crippen LogP contribution in [0.2, 0.25) is 5.02 Å². The highest BCUT2D eigenvalue weighted by Gasteiger charge is 2.09. The number of carbonyl (C=O) groups excluding carboxylic acids is 1. The Morgan fingerprint density at radius 2 is 2.12 bits per heavy atom. The fraction of sp³-hybridized carbons (Fsp3) is 0.235. The second-order valence-electron chi connectivity index (χ2n) is 5.33. The number of benzene rings is 1. The first-order chi connectivity index (χ1) is 12.2. The SMILES string of the molecule is O=C(CSc1nncn1CCc1cccs1)NCc1ccc(Cl)cc1. The number of thioether (sulfide) groups is 1. The van der Waals surface area contributed by atoms with E-state index in [1.165, 1.54) is 16.6 Å². The third-order valence-electron chi connectivity index (χ3n) is 3.49. The fourth-order valence-electron chi connectivity index (χ4n) is 2.18. The number of aromatic nitrogens is 3. The quantitative estimate of drug-likeness (QED) is 0.594. The van der Waals surface area contributed by atoms with Crippen LogP contribution in [0.15, 0.2) is 53.3 Å². The van der Waals surface area contributed by atoms with E-state index in [-0.39, 0.29) is 5.91 Å². The van der Waals surface area contributed by atoms with E-state index in [1.54, 1.807) is 17.7 Å². The van der Waals surface area contributed by atoms with Crippen LogP contribution in [0, 0.1) is 0 Å². The molecule has 130 valence electrons. The topological polar surface area (TPSA) is 59.8 Å². The number of halogens is 1. The van der Waals surface area contributed by atoms with Crippen LogP contribution in [0.4, 0.5) is 0 Å². The molecule has 3 aromatic rings. The van der Waals surface area contributed by atoms with Crippen LogP contribution < -0.4 is 5.32 Å². The molecule has 2 aromatic heterocycles. The summed E-state index contributed by atoms with van der Waals surface area (Å²) in [5.74, 6) is 0.276. The molecule has 2 heterocycles. The maximum Gasteiger partial charge on any atom is 0.230 e. The molecule has 0 saturated carbocycles. The third kappa shape index (κ3) is 5.59. The van der Waals surface area contributed by atoms with Gasteiger partial charge in [-0.3, -0.25) is 4.79 Å². The lowest BCUT2D eigenvalue weighted by molar-refractivity contribution is -0.118. The number of thiophene rings is 1. The largest absolute Gasteiger partial charge is 0.351 e. The first kappa shape index (κ1) is 18.0. The molecule has 0 bridgehead atoms. The minimum atomic E-state index is -0.0345. The number of rotatable bonds is 8. The van der Waals surface area contributed by atoms with Crippen molar-refractivity contribution < 1.29 is 4.79 Å². The number of amides is 1. The van der Waals surface area contributed by atoms with Crippen LogP contribution in [-0.4, -0.2) is 26.4 Å². The van der Waals surface area contributed by atoms with E-state index < -0.39 is 0 Å².